The Morgan fingerprint density at radius 3 is 2.83 bits per heavy atom. The summed E-state index contributed by atoms with van der Waals surface area (Å²) in [6.45, 7) is 4.70. The topological polar surface area (TPSA) is 85.5 Å². The van der Waals surface area contributed by atoms with Crippen LogP contribution in [0.2, 0.25) is 5.02 Å². The maximum absolute atomic E-state index is 11.4. The number of aryl methyl sites for hydroxylation is 1. The lowest BCUT2D eigenvalue weighted by Crippen LogP contribution is -2.30. The monoisotopic (exact) mass is 522 g/mol. The lowest BCUT2D eigenvalue weighted by molar-refractivity contribution is -0.00938. The summed E-state index contributed by atoms with van der Waals surface area (Å²) in [5, 5.41) is 15.4. The number of thiazole rings is 1. The van der Waals surface area contributed by atoms with Crippen LogP contribution >= 0.6 is 22.9 Å². The molecule has 1 N–H and O–H groups in total. The van der Waals surface area contributed by atoms with Crippen LogP contribution in [0.1, 0.15) is 58.8 Å². The van der Waals surface area contributed by atoms with Crippen molar-refractivity contribution < 1.29 is 19.2 Å². The molecule has 2 unspecified atom stereocenters. The minimum absolute atomic E-state index is 0.169. The highest BCUT2D eigenvalue weighted by molar-refractivity contribution is 7.18. The molecule has 186 valence electrons. The summed E-state index contributed by atoms with van der Waals surface area (Å²) < 4.78 is 13.0. The van der Waals surface area contributed by atoms with Gasteiger partial charge in [-0.25, -0.2) is 9.78 Å². The summed E-state index contributed by atoms with van der Waals surface area (Å²) >= 11 is 8.07. The van der Waals surface area contributed by atoms with Gasteiger partial charge in [0.25, 0.3) is 0 Å². The van der Waals surface area contributed by atoms with Crippen molar-refractivity contribution in [3.05, 3.63) is 69.4 Å². The molecular weight excluding hydrogens is 496 g/mol. The number of halogens is 1. The van der Waals surface area contributed by atoms with Crippen LogP contribution in [0.3, 0.4) is 0 Å². The van der Waals surface area contributed by atoms with E-state index >= 15 is 0 Å². The van der Waals surface area contributed by atoms with Crippen molar-refractivity contribution in [1.82, 2.24) is 10.1 Å². The summed E-state index contributed by atoms with van der Waals surface area (Å²) in [7, 11) is 0. The number of hydrogen-bond acceptors (Lipinski definition) is 6. The van der Waals surface area contributed by atoms with Crippen molar-refractivity contribution in [2.24, 2.45) is 17.8 Å². The van der Waals surface area contributed by atoms with Crippen LogP contribution in [0, 0.1) is 24.7 Å². The highest BCUT2D eigenvalue weighted by atomic mass is 35.5. The van der Waals surface area contributed by atoms with E-state index < -0.39 is 5.97 Å². The minimum Gasteiger partial charge on any atom is -0.478 e. The first-order valence-electron chi connectivity index (χ1n) is 12.3. The van der Waals surface area contributed by atoms with Crippen LogP contribution in [-0.4, -0.2) is 27.3 Å². The maximum atomic E-state index is 11.4. The largest absolute Gasteiger partial charge is 0.478 e. The Bertz CT molecular complexity index is 1450. The quantitative estimate of drug-likeness (QED) is 0.285. The number of hydrogen-bond donors (Lipinski definition) is 1. The molecule has 2 bridgehead atoms. The van der Waals surface area contributed by atoms with Gasteiger partial charge in [0.15, 0.2) is 0 Å². The summed E-state index contributed by atoms with van der Waals surface area (Å²) in [4.78, 5) is 16.3. The van der Waals surface area contributed by atoms with Crippen LogP contribution < -0.4 is 0 Å². The average Bonchev–Trinajstić information content (AvgIpc) is 3.50. The number of carbonyl (C=O) groups is 1. The molecule has 0 aliphatic heterocycles. The lowest BCUT2D eigenvalue weighted by atomic mass is 9.76. The van der Waals surface area contributed by atoms with E-state index in [0.717, 1.165) is 50.6 Å². The van der Waals surface area contributed by atoms with Gasteiger partial charge in [-0.15, -0.1) is 11.3 Å². The number of carboxylic acids is 1. The number of aromatic nitrogens is 2. The van der Waals surface area contributed by atoms with Crippen LogP contribution in [0.15, 0.2) is 47.0 Å². The molecule has 6 rings (SSSR count). The van der Waals surface area contributed by atoms with Gasteiger partial charge in [0.2, 0.25) is 0 Å². The Labute approximate surface area is 218 Å². The van der Waals surface area contributed by atoms with Gasteiger partial charge in [-0.1, -0.05) is 41.9 Å². The Morgan fingerprint density at radius 1 is 1.22 bits per heavy atom. The fourth-order valence-corrected chi connectivity index (χ4v) is 7.73. The predicted molar refractivity (Wildman–Crippen MR) is 140 cm³/mol. The molecule has 2 aliphatic rings. The first-order chi connectivity index (χ1) is 17.4. The fourth-order valence-electron chi connectivity index (χ4n) is 6.23. The summed E-state index contributed by atoms with van der Waals surface area (Å²) in [5.74, 6) is 1.87. The average molecular weight is 523 g/mol. The zero-order valence-electron chi connectivity index (χ0n) is 20.1. The molecule has 0 amide bonds. The van der Waals surface area contributed by atoms with Crippen LogP contribution in [0.4, 0.5) is 0 Å². The third kappa shape index (κ3) is 4.13. The molecule has 2 aromatic heterocycles. The standard InChI is InChI=1S/C28H27ClN2O4S/c1-14-9-17-10-18(34-13-21-15(2)35-31-26(21)19-5-3-4-6-22(19)29)12-20(14)25(17)27-30-23-8-7-16(28(32)33)11-24(23)36-27/h3-8,11,14,17-18,20,25H,9-10,12-13H2,1-2H3,(H,32,33)/t14?,17-,18-,20?,25-/m1/s1. The molecule has 0 saturated heterocycles. The minimum atomic E-state index is -0.904. The first-order valence-corrected chi connectivity index (χ1v) is 13.5. The van der Waals surface area contributed by atoms with Gasteiger partial charge in [0.1, 0.15) is 11.5 Å². The van der Waals surface area contributed by atoms with E-state index in [1.807, 2.05) is 37.3 Å². The number of aromatic carboxylic acids is 1. The first kappa shape index (κ1) is 23.6. The van der Waals surface area contributed by atoms with Gasteiger partial charge in [0.05, 0.1) is 38.5 Å². The van der Waals surface area contributed by atoms with E-state index in [0.29, 0.717) is 40.9 Å². The van der Waals surface area contributed by atoms with E-state index in [-0.39, 0.29) is 6.10 Å². The molecule has 6 nitrogen and oxygen atoms in total. The van der Waals surface area contributed by atoms with Gasteiger partial charge < -0.3 is 14.4 Å². The van der Waals surface area contributed by atoms with Crippen LogP contribution in [0.25, 0.3) is 21.5 Å². The van der Waals surface area contributed by atoms with E-state index in [1.54, 1.807) is 23.5 Å². The molecule has 2 aliphatic carbocycles. The molecule has 2 heterocycles. The van der Waals surface area contributed by atoms with E-state index in [4.69, 9.17) is 25.8 Å². The Balaban J connectivity index is 1.20. The van der Waals surface area contributed by atoms with Gasteiger partial charge in [-0.05, 0) is 68.2 Å². The third-order valence-electron chi connectivity index (χ3n) is 7.99. The summed E-state index contributed by atoms with van der Waals surface area (Å²) in [6, 6.07) is 12.9. The summed E-state index contributed by atoms with van der Waals surface area (Å²) in [5.41, 5.74) is 3.75. The van der Waals surface area contributed by atoms with E-state index in [1.165, 1.54) is 6.42 Å². The van der Waals surface area contributed by atoms with Gasteiger partial charge in [-0.3, -0.25) is 0 Å². The number of benzene rings is 2. The maximum Gasteiger partial charge on any atom is 0.335 e. The molecule has 4 aromatic rings. The van der Waals surface area contributed by atoms with E-state index in [2.05, 4.69) is 12.1 Å². The molecule has 8 heteroatoms. The Hall–Kier alpha value is -2.74. The zero-order valence-corrected chi connectivity index (χ0v) is 21.7. The Kier molecular flexibility index (Phi) is 6.10. The number of carboxylic acid groups (broad SMARTS) is 1. The second kappa shape index (κ2) is 9.29. The van der Waals surface area contributed by atoms with Gasteiger partial charge >= 0.3 is 5.97 Å². The van der Waals surface area contributed by atoms with Crippen molar-refractivity contribution in [2.75, 3.05) is 0 Å². The molecule has 2 saturated carbocycles. The van der Waals surface area contributed by atoms with Crippen molar-refractivity contribution >= 4 is 39.1 Å². The second-order valence-corrected chi connectivity index (χ2v) is 11.6. The van der Waals surface area contributed by atoms with Crippen molar-refractivity contribution in [1.29, 1.82) is 0 Å². The SMILES string of the molecule is Cc1onc(-c2ccccc2Cl)c1CO[C@H]1CC2C(C)C[C@H](C1)[C@H]2c1nc2ccc(C(=O)O)cc2s1. The van der Waals surface area contributed by atoms with Crippen LogP contribution in [-0.2, 0) is 11.3 Å². The van der Waals surface area contributed by atoms with Crippen molar-refractivity contribution in [3.63, 3.8) is 0 Å². The normalized spacial score (nSPS) is 25.5. The number of rotatable bonds is 6. The molecule has 2 fully saturated rings. The van der Waals surface area contributed by atoms with Gasteiger partial charge in [-0.2, -0.15) is 0 Å². The highest BCUT2D eigenvalue weighted by Crippen LogP contribution is 2.56. The molecule has 2 aromatic carbocycles. The smallest absolute Gasteiger partial charge is 0.335 e. The second-order valence-electron chi connectivity index (χ2n) is 10.2. The molecular formula is C28H27ClN2O4S. The molecule has 0 radical (unpaired) electrons. The van der Waals surface area contributed by atoms with Crippen molar-refractivity contribution in [3.8, 4) is 11.3 Å². The highest BCUT2D eigenvalue weighted by Gasteiger charge is 2.48. The molecule has 0 spiro atoms. The molecule has 36 heavy (non-hydrogen) atoms. The van der Waals surface area contributed by atoms with E-state index in [9.17, 15) is 9.90 Å². The predicted octanol–water partition coefficient (Wildman–Crippen LogP) is 7.35. The molecule has 5 atom stereocenters. The van der Waals surface area contributed by atoms with Crippen molar-refractivity contribution in [2.45, 2.75) is 51.7 Å². The summed E-state index contributed by atoms with van der Waals surface area (Å²) in [6.07, 6.45) is 3.32. The zero-order chi connectivity index (χ0) is 25.0. The van der Waals surface area contributed by atoms with Gasteiger partial charge in [0, 0.05) is 17.0 Å². The van der Waals surface area contributed by atoms with Crippen LogP contribution in [0.5, 0.6) is 0 Å². The third-order valence-corrected chi connectivity index (χ3v) is 9.44. The number of nitrogens with zero attached hydrogens (tertiary/aromatic N) is 2. The Morgan fingerprint density at radius 2 is 2.06 bits per heavy atom. The number of ether oxygens (including phenoxy) is 1. The fraction of sp³-hybridized carbons (Fsp3) is 0.393. The number of fused-ring (bicyclic) bond motifs is 3. The lowest BCUT2D eigenvalue weighted by Gasteiger charge is -2.35.